The van der Waals surface area contributed by atoms with Crippen LogP contribution in [0.15, 0.2) is 60.8 Å². The predicted molar refractivity (Wildman–Crippen MR) is 132 cm³/mol. The standard InChI is InChI=1S/C26H21FN4O2S/c1-17-13-20(15-29-23(17)28-2)30-24(32)26(11-6-12-26)31(25(30)34)19-9-10-22(21(27)14-19)33-16-18-7-4-3-5-8-18/h3-5,7-10,13-15H,6,11-12,16H2,1H3. The Kier molecular flexibility index (Phi) is 5.50. The van der Waals surface area contributed by atoms with Gasteiger partial charge in [0.05, 0.1) is 5.69 Å². The Labute approximate surface area is 202 Å². The highest BCUT2D eigenvalue weighted by molar-refractivity contribution is 7.81. The summed E-state index contributed by atoms with van der Waals surface area (Å²) in [5.74, 6) is -0.247. The predicted octanol–water partition coefficient (Wildman–Crippen LogP) is 5.72. The van der Waals surface area contributed by atoms with E-state index in [1.807, 2.05) is 30.3 Å². The van der Waals surface area contributed by atoms with E-state index in [4.69, 9.17) is 23.5 Å². The van der Waals surface area contributed by atoms with Gasteiger partial charge in [0, 0.05) is 11.8 Å². The van der Waals surface area contributed by atoms with Crippen LogP contribution in [0, 0.1) is 19.3 Å². The second kappa shape index (κ2) is 8.50. The second-order valence-electron chi connectivity index (χ2n) is 8.48. The molecule has 8 heteroatoms. The van der Waals surface area contributed by atoms with Gasteiger partial charge in [-0.05, 0) is 67.7 Å². The van der Waals surface area contributed by atoms with Crippen LogP contribution in [-0.2, 0) is 11.4 Å². The van der Waals surface area contributed by atoms with E-state index in [0.717, 1.165) is 12.0 Å². The second-order valence-corrected chi connectivity index (χ2v) is 8.84. The number of amides is 1. The Balaban J connectivity index is 1.45. The fourth-order valence-corrected chi connectivity index (χ4v) is 4.95. The van der Waals surface area contributed by atoms with Gasteiger partial charge < -0.3 is 14.5 Å². The fourth-order valence-electron chi connectivity index (χ4n) is 4.48. The molecular formula is C26H21FN4O2S. The van der Waals surface area contributed by atoms with E-state index in [0.29, 0.717) is 29.8 Å². The minimum absolute atomic E-state index is 0.137. The smallest absolute Gasteiger partial charge is 0.272 e. The van der Waals surface area contributed by atoms with Gasteiger partial charge in [-0.15, -0.1) is 4.98 Å². The van der Waals surface area contributed by atoms with Gasteiger partial charge in [-0.25, -0.2) is 4.39 Å². The van der Waals surface area contributed by atoms with Crippen molar-refractivity contribution in [3.05, 3.63) is 89.2 Å². The first-order valence-electron chi connectivity index (χ1n) is 10.9. The quantitative estimate of drug-likeness (QED) is 0.351. The molecule has 0 unspecified atom stereocenters. The molecule has 6 nitrogen and oxygen atoms in total. The van der Waals surface area contributed by atoms with Gasteiger partial charge in [0.2, 0.25) is 0 Å². The molecule has 0 bridgehead atoms. The lowest BCUT2D eigenvalue weighted by atomic mass is 9.75. The first kappa shape index (κ1) is 22.0. The summed E-state index contributed by atoms with van der Waals surface area (Å²) < 4.78 is 20.7. The summed E-state index contributed by atoms with van der Waals surface area (Å²) in [4.78, 5) is 24.3. The molecule has 1 spiro atoms. The average Bonchev–Trinajstić information content (AvgIpc) is 3.05. The third-order valence-electron chi connectivity index (χ3n) is 6.40. The topological polar surface area (TPSA) is 50.0 Å². The van der Waals surface area contributed by atoms with Crippen LogP contribution in [0.3, 0.4) is 0 Å². The number of ether oxygens (including phenoxy) is 1. The highest BCUT2D eigenvalue weighted by atomic mass is 32.1. The number of aromatic nitrogens is 1. The molecule has 1 aliphatic heterocycles. The van der Waals surface area contributed by atoms with Crippen molar-refractivity contribution in [3.8, 4) is 5.75 Å². The lowest BCUT2D eigenvalue weighted by Gasteiger charge is -2.43. The van der Waals surface area contributed by atoms with Crippen molar-refractivity contribution in [3.63, 3.8) is 0 Å². The van der Waals surface area contributed by atoms with Crippen molar-refractivity contribution >= 4 is 40.4 Å². The molecule has 0 atom stereocenters. The number of pyridine rings is 1. The molecule has 2 heterocycles. The van der Waals surface area contributed by atoms with Gasteiger partial charge in [0.25, 0.3) is 11.7 Å². The van der Waals surface area contributed by atoms with Gasteiger partial charge in [-0.3, -0.25) is 9.69 Å². The Morgan fingerprint density at radius 1 is 1.18 bits per heavy atom. The first-order valence-corrected chi connectivity index (χ1v) is 11.3. The van der Waals surface area contributed by atoms with Crippen molar-refractivity contribution in [1.29, 1.82) is 0 Å². The van der Waals surface area contributed by atoms with Crippen LogP contribution in [0.2, 0.25) is 0 Å². The molecule has 2 aliphatic rings. The van der Waals surface area contributed by atoms with Gasteiger partial charge in [0.15, 0.2) is 16.7 Å². The lowest BCUT2D eigenvalue weighted by molar-refractivity contribution is -0.123. The number of carbonyl (C=O) groups excluding carboxylic acids is 1. The summed E-state index contributed by atoms with van der Waals surface area (Å²) >= 11 is 5.74. The molecule has 0 radical (unpaired) electrons. The van der Waals surface area contributed by atoms with Crippen LogP contribution in [0.5, 0.6) is 5.75 Å². The molecule has 170 valence electrons. The monoisotopic (exact) mass is 472 g/mol. The summed E-state index contributed by atoms with van der Waals surface area (Å²) in [7, 11) is 0. The molecule has 5 rings (SSSR count). The number of hydrogen-bond donors (Lipinski definition) is 0. The Hall–Kier alpha value is -3.83. The lowest BCUT2D eigenvalue weighted by Crippen LogP contribution is -2.55. The van der Waals surface area contributed by atoms with Crippen LogP contribution in [0.25, 0.3) is 4.85 Å². The van der Waals surface area contributed by atoms with Crippen LogP contribution >= 0.6 is 12.2 Å². The minimum Gasteiger partial charge on any atom is -0.486 e. The van der Waals surface area contributed by atoms with E-state index in [2.05, 4.69) is 9.83 Å². The van der Waals surface area contributed by atoms with E-state index in [9.17, 15) is 4.79 Å². The maximum absolute atomic E-state index is 15.0. The molecule has 2 fully saturated rings. The van der Waals surface area contributed by atoms with Crippen LogP contribution in [0.1, 0.15) is 30.4 Å². The molecular weight excluding hydrogens is 451 g/mol. The average molecular weight is 473 g/mol. The summed E-state index contributed by atoms with van der Waals surface area (Å²) in [6.45, 7) is 9.23. The third-order valence-corrected chi connectivity index (χ3v) is 6.77. The Bertz CT molecular complexity index is 1330. The minimum atomic E-state index is -0.831. The Morgan fingerprint density at radius 3 is 2.56 bits per heavy atom. The van der Waals surface area contributed by atoms with Gasteiger partial charge in [-0.1, -0.05) is 36.9 Å². The molecule has 1 saturated heterocycles. The van der Waals surface area contributed by atoms with Crippen LogP contribution < -0.4 is 14.5 Å². The third kappa shape index (κ3) is 3.49. The molecule has 0 N–H and O–H groups in total. The number of hydrogen-bond acceptors (Lipinski definition) is 4. The van der Waals surface area contributed by atoms with Crippen molar-refractivity contribution in [2.75, 3.05) is 9.80 Å². The van der Waals surface area contributed by atoms with E-state index in [1.165, 1.54) is 17.2 Å². The van der Waals surface area contributed by atoms with Gasteiger partial charge >= 0.3 is 0 Å². The SMILES string of the molecule is [C-]#[N+]c1ncc(N2C(=O)C3(CCC3)N(c3ccc(OCc4ccccc4)c(F)c3)C2=S)cc1C. The molecule has 34 heavy (non-hydrogen) atoms. The number of carbonyl (C=O) groups is 1. The number of nitrogens with zero attached hydrogens (tertiary/aromatic N) is 4. The zero-order valence-electron chi connectivity index (χ0n) is 18.5. The van der Waals surface area contributed by atoms with Gasteiger partial charge in [0.1, 0.15) is 18.3 Å². The summed E-state index contributed by atoms with van der Waals surface area (Å²) in [5.41, 5.74) is 1.79. The number of anilines is 2. The zero-order chi connectivity index (χ0) is 23.9. The maximum Gasteiger partial charge on any atom is 0.272 e. The molecule has 3 aromatic rings. The Morgan fingerprint density at radius 2 is 1.94 bits per heavy atom. The van der Waals surface area contributed by atoms with Crippen molar-refractivity contribution in [2.45, 2.75) is 38.3 Å². The molecule has 1 saturated carbocycles. The van der Waals surface area contributed by atoms with E-state index >= 15 is 4.39 Å². The largest absolute Gasteiger partial charge is 0.486 e. The highest BCUT2D eigenvalue weighted by Crippen LogP contribution is 2.48. The summed E-state index contributed by atoms with van der Waals surface area (Å²) in [5, 5.41) is 0.277. The number of halogens is 1. The normalized spacial score (nSPS) is 16.5. The molecule has 1 amide bonds. The summed E-state index contributed by atoms with van der Waals surface area (Å²) in [6.07, 6.45) is 3.63. The maximum atomic E-state index is 15.0. The highest BCUT2D eigenvalue weighted by Gasteiger charge is 2.59. The van der Waals surface area contributed by atoms with E-state index < -0.39 is 11.4 Å². The van der Waals surface area contributed by atoms with Gasteiger partial charge in [-0.2, -0.15) is 0 Å². The van der Waals surface area contributed by atoms with E-state index in [1.54, 1.807) is 30.0 Å². The molecule has 1 aliphatic carbocycles. The zero-order valence-corrected chi connectivity index (χ0v) is 19.3. The van der Waals surface area contributed by atoms with E-state index in [-0.39, 0.29) is 29.2 Å². The van der Waals surface area contributed by atoms with Crippen molar-refractivity contribution in [2.24, 2.45) is 0 Å². The number of benzene rings is 2. The molecule has 1 aromatic heterocycles. The number of thiocarbonyl (C=S) groups is 1. The van der Waals surface area contributed by atoms with Crippen LogP contribution in [-0.4, -0.2) is 21.5 Å². The van der Waals surface area contributed by atoms with Crippen molar-refractivity contribution in [1.82, 2.24) is 4.98 Å². The number of rotatable bonds is 5. The fraction of sp³-hybridized carbons (Fsp3) is 0.231. The molecule has 2 aromatic carbocycles. The number of aryl methyl sites for hydroxylation is 1. The van der Waals surface area contributed by atoms with Crippen LogP contribution in [0.4, 0.5) is 21.6 Å². The van der Waals surface area contributed by atoms with Crippen molar-refractivity contribution < 1.29 is 13.9 Å². The first-order chi connectivity index (χ1) is 16.4. The summed E-state index contributed by atoms with van der Waals surface area (Å²) in [6, 6.07) is 16.0.